The van der Waals surface area contributed by atoms with Crippen LogP contribution < -0.4 is 9.47 Å². The van der Waals surface area contributed by atoms with Crippen molar-refractivity contribution in [3.8, 4) is 22.8 Å². The van der Waals surface area contributed by atoms with Crippen LogP contribution in [0.4, 0.5) is 0 Å². The zero-order valence-electron chi connectivity index (χ0n) is 12.7. The molecule has 0 amide bonds. The summed E-state index contributed by atoms with van der Waals surface area (Å²) in [5.41, 5.74) is 0.561. The number of nitrogens with zero attached hydrogens (tertiary/aromatic N) is 1. The van der Waals surface area contributed by atoms with E-state index in [1.165, 1.54) is 11.8 Å². The van der Waals surface area contributed by atoms with Gasteiger partial charge in [-0.1, -0.05) is 5.16 Å². The average Bonchev–Trinajstić information content (AvgIpc) is 3.06. The summed E-state index contributed by atoms with van der Waals surface area (Å²) in [4.78, 5) is 10.9. The van der Waals surface area contributed by atoms with Gasteiger partial charge in [0, 0.05) is 17.4 Å². The third-order valence-corrected chi connectivity index (χ3v) is 4.77. The summed E-state index contributed by atoms with van der Waals surface area (Å²) < 4.78 is 16.5. The molecule has 0 radical (unpaired) electrons. The molecule has 1 N–H and O–H groups in total. The Kier molecular flexibility index (Phi) is 4.76. The van der Waals surface area contributed by atoms with Crippen molar-refractivity contribution in [2.24, 2.45) is 0 Å². The molecule has 3 rings (SSSR count). The molecule has 1 saturated heterocycles. The standard InChI is InChI=1S/C16H17NO5S/c1-20-15-7-10(14-8-12(16(18)19)17-22-14)4-5-13(15)21-11-3-2-6-23-9-11/h4-5,7-8,11H,2-3,6,9H2,1H3,(H,18,19). The monoisotopic (exact) mass is 335 g/mol. The smallest absolute Gasteiger partial charge is 0.358 e. The predicted octanol–water partition coefficient (Wildman–Crippen LogP) is 3.32. The van der Waals surface area contributed by atoms with Gasteiger partial charge in [-0.15, -0.1) is 0 Å². The predicted molar refractivity (Wildman–Crippen MR) is 86.4 cm³/mol. The molecule has 1 aromatic carbocycles. The summed E-state index contributed by atoms with van der Waals surface area (Å²) in [5, 5.41) is 12.4. The number of carbonyl (C=O) groups is 1. The van der Waals surface area contributed by atoms with Crippen LogP contribution in [0, 0.1) is 0 Å². The lowest BCUT2D eigenvalue weighted by Crippen LogP contribution is -2.23. The molecule has 1 aliphatic heterocycles. The molecule has 1 fully saturated rings. The van der Waals surface area contributed by atoms with Crippen LogP contribution in [0.15, 0.2) is 28.8 Å². The number of benzene rings is 1. The lowest BCUT2D eigenvalue weighted by atomic mass is 10.1. The van der Waals surface area contributed by atoms with Crippen LogP contribution >= 0.6 is 11.8 Å². The van der Waals surface area contributed by atoms with E-state index < -0.39 is 5.97 Å². The first kappa shape index (κ1) is 15.7. The van der Waals surface area contributed by atoms with E-state index in [1.807, 2.05) is 17.8 Å². The quantitative estimate of drug-likeness (QED) is 0.897. The molecule has 1 aliphatic rings. The maximum Gasteiger partial charge on any atom is 0.358 e. The second-order valence-corrected chi connectivity index (χ2v) is 6.35. The molecule has 6 nitrogen and oxygen atoms in total. The fourth-order valence-electron chi connectivity index (χ4n) is 2.41. The molecule has 23 heavy (non-hydrogen) atoms. The summed E-state index contributed by atoms with van der Waals surface area (Å²) in [6, 6.07) is 6.77. The fraction of sp³-hybridized carbons (Fsp3) is 0.375. The summed E-state index contributed by atoms with van der Waals surface area (Å²) in [6.07, 6.45) is 2.39. The van der Waals surface area contributed by atoms with E-state index in [1.54, 1.807) is 19.2 Å². The van der Waals surface area contributed by atoms with Crippen molar-refractivity contribution in [3.63, 3.8) is 0 Å². The summed E-state index contributed by atoms with van der Waals surface area (Å²) >= 11 is 1.90. The van der Waals surface area contributed by atoms with Crippen molar-refractivity contribution >= 4 is 17.7 Å². The molecule has 122 valence electrons. The molecular formula is C16H17NO5S. The highest BCUT2D eigenvalue weighted by atomic mass is 32.2. The van der Waals surface area contributed by atoms with Crippen LogP contribution in [0.2, 0.25) is 0 Å². The number of aromatic carboxylic acids is 1. The Balaban J connectivity index is 1.82. The Morgan fingerprint density at radius 2 is 2.26 bits per heavy atom. The number of carboxylic acid groups (broad SMARTS) is 1. The van der Waals surface area contributed by atoms with Gasteiger partial charge in [-0.3, -0.25) is 0 Å². The third-order valence-electron chi connectivity index (χ3n) is 3.59. The van der Waals surface area contributed by atoms with Gasteiger partial charge in [0.05, 0.1) is 7.11 Å². The second-order valence-electron chi connectivity index (χ2n) is 5.20. The molecule has 2 aromatic rings. The van der Waals surface area contributed by atoms with Gasteiger partial charge in [-0.2, -0.15) is 11.8 Å². The Bertz CT molecular complexity index is 694. The number of thioether (sulfide) groups is 1. The van der Waals surface area contributed by atoms with E-state index >= 15 is 0 Å². The van der Waals surface area contributed by atoms with Crippen molar-refractivity contribution in [3.05, 3.63) is 30.0 Å². The van der Waals surface area contributed by atoms with E-state index in [0.717, 1.165) is 18.6 Å². The van der Waals surface area contributed by atoms with E-state index in [2.05, 4.69) is 5.16 Å². The van der Waals surface area contributed by atoms with Crippen LogP contribution in [0.25, 0.3) is 11.3 Å². The number of ether oxygens (including phenoxy) is 2. The largest absolute Gasteiger partial charge is 0.493 e. The van der Waals surface area contributed by atoms with Gasteiger partial charge in [-0.05, 0) is 36.8 Å². The minimum Gasteiger partial charge on any atom is -0.493 e. The molecule has 2 heterocycles. The molecular weight excluding hydrogens is 318 g/mol. The van der Waals surface area contributed by atoms with E-state index in [0.29, 0.717) is 22.8 Å². The molecule has 0 saturated carbocycles. The van der Waals surface area contributed by atoms with Gasteiger partial charge < -0.3 is 19.1 Å². The van der Waals surface area contributed by atoms with Gasteiger partial charge in [0.1, 0.15) is 6.10 Å². The normalized spacial score (nSPS) is 17.7. The lowest BCUT2D eigenvalue weighted by molar-refractivity contribution is 0.0686. The highest BCUT2D eigenvalue weighted by Crippen LogP contribution is 2.34. The number of aromatic nitrogens is 1. The SMILES string of the molecule is COc1cc(-c2cc(C(=O)O)no2)ccc1OC1CCCSC1. The van der Waals surface area contributed by atoms with Crippen molar-refractivity contribution in [1.29, 1.82) is 0 Å². The molecule has 1 aromatic heterocycles. The maximum absolute atomic E-state index is 10.9. The zero-order valence-corrected chi connectivity index (χ0v) is 13.5. The first-order chi connectivity index (χ1) is 11.2. The topological polar surface area (TPSA) is 81.8 Å². The molecule has 0 spiro atoms. The van der Waals surface area contributed by atoms with Crippen LogP contribution in [0.3, 0.4) is 0 Å². The maximum atomic E-state index is 10.9. The van der Waals surface area contributed by atoms with Crippen molar-refractivity contribution < 1.29 is 23.9 Å². The lowest BCUT2D eigenvalue weighted by Gasteiger charge is -2.23. The van der Waals surface area contributed by atoms with Gasteiger partial charge in [-0.25, -0.2) is 4.79 Å². The highest BCUT2D eigenvalue weighted by molar-refractivity contribution is 7.99. The van der Waals surface area contributed by atoms with E-state index in [4.69, 9.17) is 19.1 Å². The van der Waals surface area contributed by atoms with Crippen LogP contribution in [0.1, 0.15) is 23.3 Å². The Morgan fingerprint density at radius 3 is 2.91 bits per heavy atom. The zero-order chi connectivity index (χ0) is 16.2. The van der Waals surface area contributed by atoms with Gasteiger partial charge in [0.2, 0.25) is 0 Å². The Labute approximate surface area is 137 Å². The van der Waals surface area contributed by atoms with Gasteiger partial charge in [0.15, 0.2) is 23.0 Å². The number of hydrogen-bond donors (Lipinski definition) is 1. The first-order valence-corrected chi connectivity index (χ1v) is 8.45. The Hall–Kier alpha value is -2.15. The third kappa shape index (κ3) is 3.61. The summed E-state index contributed by atoms with van der Waals surface area (Å²) in [6.45, 7) is 0. The molecule has 1 unspecified atom stereocenters. The second kappa shape index (κ2) is 6.95. The summed E-state index contributed by atoms with van der Waals surface area (Å²) in [7, 11) is 1.57. The number of carboxylic acids is 1. The van der Waals surface area contributed by atoms with Gasteiger partial charge in [0.25, 0.3) is 0 Å². The van der Waals surface area contributed by atoms with Crippen molar-refractivity contribution in [1.82, 2.24) is 5.16 Å². The Morgan fingerprint density at radius 1 is 1.39 bits per heavy atom. The minimum atomic E-state index is -1.12. The summed E-state index contributed by atoms with van der Waals surface area (Å²) in [5.74, 6) is 2.69. The van der Waals surface area contributed by atoms with Gasteiger partial charge >= 0.3 is 5.97 Å². The fourth-order valence-corrected chi connectivity index (χ4v) is 3.45. The average molecular weight is 335 g/mol. The number of rotatable bonds is 5. The molecule has 7 heteroatoms. The highest BCUT2D eigenvalue weighted by Gasteiger charge is 2.19. The van der Waals surface area contributed by atoms with Crippen LogP contribution in [0.5, 0.6) is 11.5 Å². The molecule has 1 atom stereocenters. The first-order valence-electron chi connectivity index (χ1n) is 7.30. The van der Waals surface area contributed by atoms with Crippen LogP contribution in [-0.4, -0.2) is 41.0 Å². The molecule has 0 aliphatic carbocycles. The van der Waals surface area contributed by atoms with Crippen molar-refractivity contribution in [2.75, 3.05) is 18.6 Å². The number of methoxy groups -OCH3 is 1. The minimum absolute atomic E-state index is 0.126. The number of hydrogen-bond acceptors (Lipinski definition) is 6. The van der Waals surface area contributed by atoms with Crippen LogP contribution in [-0.2, 0) is 0 Å². The molecule has 0 bridgehead atoms. The van der Waals surface area contributed by atoms with E-state index in [9.17, 15) is 4.79 Å². The van der Waals surface area contributed by atoms with Crippen molar-refractivity contribution in [2.45, 2.75) is 18.9 Å². The van der Waals surface area contributed by atoms with E-state index in [-0.39, 0.29) is 11.8 Å².